The monoisotopic (exact) mass is 321 g/mol. The second-order valence-electron chi connectivity index (χ2n) is 5.52. The number of aryl methyl sites for hydroxylation is 1. The van der Waals surface area contributed by atoms with Crippen molar-refractivity contribution in [2.45, 2.75) is 39.2 Å². The summed E-state index contributed by atoms with van der Waals surface area (Å²) in [5.41, 5.74) is 0.378. The van der Waals surface area contributed by atoms with E-state index in [1.54, 1.807) is 13.8 Å². The van der Waals surface area contributed by atoms with Crippen LogP contribution in [0.15, 0.2) is 12.3 Å². The van der Waals surface area contributed by atoms with Crippen molar-refractivity contribution < 1.29 is 19.2 Å². The molecule has 1 fully saturated rings. The number of hydrogen-bond acceptors (Lipinski definition) is 6. The molecule has 1 aliphatic rings. The number of carbonyl (C=O) groups excluding carboxylic acids is 2. The summed E-state index contributed by atoms with van der Waals surface area (Å²) in [6.45, 7) is 3.71. The Labute approximate surface area is 133 Å². The zero-order valence-electron chi connectivity index (χ0n) is 13.1. The molecule has 2 atom stereocenters. The number of aromatic nitrogens is 1. The molecule has 0 aliphatic heterocycles. The Morgan fingerprint density at radius 1 is 1.48 bits per heavy atom. The summed E-state index contributed by atoms with van der Waals surface area (Å²) < 4.78 is 4.99. The van der Waals surface area contributed by atoms with Gasteiger partial charge >= 0.3 is 5.97 Å². The zero-order chi connectivity index (χ0) is 17.0. The van der Waals surface area contributed by atoms with Crippen LogP contribution in [0, 0.1) is 23.0 Å². The molecule has 0 bridgehead atoms. The largest absolute Gasteiger partial charge is 0.466 e. The van der Waals surface area contributed by atoms with Gasteiger partial charge in [-0.1, -0.05) is 0 Å². The molecule has 124 valence electrons. The Bertz CT molecular complexity index is 632. The van der Waals surface area contributed by atoms with Crippen molar-refractivity contribution in [1.82, 2.24) is 10.3 Å². The van der Waals surface area contributed by atoms with Crippen LogP contribution in [0.1, 0.15) is 42.2 Å². The molecule has 23 heavy (non-hydrogen) atoms. The van der Waals surface area contributed by atoms with Crippen LogP contribution in [-0.2, 0) is 9.53 Å². The van der Waals surface area contributed by atoms with Gasteiger partial charge in [-0.25, -0.2) is 0 Å². The highest BCUT2D eigenvalue weighted by Crippen LogP contribution is 2.27. The maximum atomic E-state index is 12.3. The van der Waals surface area contributed by atoms with Crippen molar-refractivity contribution in [2.75, 3.05) is 6.61 Å². The molecule has 0 saturated heterocycles. The molecule has 1 N–H and O–H groups in total. The van der Waals surface area contributed by atoms with Gasteiger partial charge in [-0.2, -0.15) is 0 Å². The Morgan fingerprint density at radius 2 is 2.22 bits per heavy atom. The number of amides is 1. The van der Waals surface area contributed by atoms with Gasteiger partial charge in [-0.15, -0.1) is 0 Å². The Morgan fingerprint density at radius 3 is 2.87 bits per heavy atom. The summed E-state index contributed by atoms with van der Waals surface area (Å²) in [6, 6.07) is 1.07. The van der Waals surface area contributed by atoms with Crippen molar-refractivity contribution in [3.05, 3.63) is 33.6 Å². The highest BCUT2D eigenvalue weighted by Gasteiger charge is 2.32. The topological polar surface area (TPSA) is 111 Å². The molecule has 2 rings (SSSR count). The van der Waals surface area contributed by atoms with E-state index in [1.165, 1.54) is 6.07 Å². The van der Waals surface area contributed by atoms with E-state index in [0.29, 0.717) is 31.6 Å². The molecule has 0 radical (unpaired) electrons. The van der Waals surface area contributed by atoms with Crippen molar-refractivity contribution in [3.8, 4) is 0 Å². The maximum Gasteiger partial charge on any atom is 0.308 e. The fraction of sp³-hybridized carbons (Fsp3) is 0.533. The van der Waals surface area contributed by atoms with Gasteiger partial charge in [0.15, 0.2) is 0 Å². The van der Waals surface area contributed by atoms with Crippen LogP contribution in [0.3, 0.4) is 0 Å². The highest BCUT2D eigenvalue weighted by molar-refractivity contribution is 5.96. The number of ether oxygens (including phenoxy) is 1. The van der Waals surface area contributed by atoms with Crippen molar-refractivity contribution in [2.24, 2.45) is 5.92 Å². The van der Waals surface area contributed by atoms with Crippen molar-refractivity contribution >= 4 is 17.6 Å². The van der Waals surface area contributed by atoms with Gasteiger partial charge in [-0.05, 0) is 33.1 Å². The molecule has 1 amide bonds. The van der Waals surface area contributed by atoms with E-state index in [-0.39, 0.29) is 29.2 Å². The molecule has 1 aromatic heterocycles. The lowest BCUT2D eigenvalue weighted by Crippen LogP contribution is -2.34. The standard InChI is InChI=1S/C15H19N3O5/c1-3-23-15(20)10-4-5-11(6-10)17-14(19)13-7-12(18(21)22)8-16-9(13)2/h7-8,10-11H,3-6H2,1-2H3,(H,17,19)/t10-,11+/m1/s1. The minimum atomic E-state index is -0.588. The van der Waals surface area contributed by atoms with Gasteiger partial charge in [0, 0.05) is 12.1 Å². The number of carbonyl (C=O) groups is 2. The van der Waals surface area contributed by atoms with E-state index >= 15 is 0 Å². The quantitative estimate of drug-likeness (QED) is 0.502. The van der Waals surface area contributed by atoms with Crippen molar-refractivity contribution in [1.29, 1.82) is 0 Å². The number of hydrogen-bond donors (Lipinski definition) is 1. The van der Waals surface area contributed by atoms with E-state index < -0.39 is 10.8 Å². The van der Waals surface area contributed by atoms with Gasteiger partial charge in [0.1, 0.15) is 6.20 Å². The first-order valence-corrected chi connectivity index (χ1v) is 7.51. The molecule has 0 unspecified atom stereocenters. The summed E-state index contributed by atoms with van der Waals surface area (Å²) in [7, 11) is 0. The Kier molecular flexibility index (Phi) is 5.25. The molecule has 0 aromatic carbocycles. The third-order valence-corrected chi connectivity index (χ3v) is 3.92. The smallest absolute Gasteiger partial charge is 0.308 e. The molecular weight excluding hydrogens is 302 g/mol. The lowest BCUT2D eigenvalue weighted by molar-refractivity contribution is -0.385. The molecule has 1 aromatic rings. The van der Waals surface area contributed by atoms with Gasteiger partial charge in [0.25, 0.3) is 11.6 Å². The second kappa shape index (κ2) is 7.17. The lowest BCUT2D eigenvalue weighted by Gasteiger charge is -2.14. The first kappa shape index (κ1) is 16.9. The maximum absolute atomic E-state index is 12.3. The molecule has 1 saturated carbocycles. The third kappa shape index (κ3) is 4.02. The molecule has 8 nitrogen and oxygen atoms in total. The van der Waals surface area contributed by atoms with E-state index in [2.05, 4.69) is 10.3 Å². The van der Waals surface area contributed by atoms with E-state index in [9.17, 15) is 19.7 Å². The fourth-order valence-electron chi connectivity index (χ4n) is 2.70. The third-order valence-electron chi connectivity index (χ3n) is 3.92. The van der Waals surface area contributed by atoms with Crippen LogP contribution in [0.25, 0.3) is 0 Å². The molecule has 1 heterocycles. The molecule has 8 heteroatoms. The van der Waals surface area contributed by atoms with E-state index in [1.807, 2.05) is 0 Å². The van der Waals surface area contributed by atoms with Crippen LogP contribution >= 0.6 is 0 Å². The first-order valence-electron chi connectivity index (χ1n) is 7.51. The summed E-state index contributed by atoms with van der Waals surface area (Å²) in [6.07, 6.45) is 2.98. The van der Waals surface area contributed by atoms with E-state index in [0.717, 1.165) is 6.20 Å². The minimum absolute atomic E-state index is 0.143. The zero-order valence-corrected chi connectivity index (χ0v) is 13.1. The van der Waals surface area contributed by atoms with Crippen LogP contribution in [-0.4, -0.2) is 34.4 Å². The average Bonchev–Trinajstić information content (AvgIpc) is 2.96. The predicted molar refractivity (Wildman–Crippen MR) is 80.9 cm³/mol. The van der Waals surface area contributed by atoms with Gasteiger partial charge in [0.05, 0.1) is 28.7 Å². The number of rotatable bonds is 5. The number of pyridine rings is 1. The van der Waals surface area contributed by atoms with Crippen LogP contribution in [0.2, 0.25) is 0 Å². The van der Waals surface area contributed by atoms with Gasteiger partial charge < -0.3 is 10.1 Å². The lowest BCUT2D eigenvalue weighted by atomic mass is 10.1. The van der Waals surface area contributed by atoms with Gasteiger partial charge in [0.2, 0.25) is 0 Å². The van der Waals surface area contributed by atoms with Gasteiger partial charge in [-0.3, -0.25) is 24.7 Å². The average molecular weight is 321 g/mol. The minimum Gasteiger partial charge on any atom is -0.466 e. The van der Waals surface area contributed by atoms with Crippen LogP contribution < -0.4 is 5.32 Å². The fourth-order valence-corrected chi connectivity index (χ4v) is 2.70. The summed E-state index contributed by atoms with van der Waals surface area (Å²) in [5, 5.41) is 13.6. The Hall–Kier alpha value is -2.51. The molecule has 1 aliphatic carbocycles. The first-order chi connectivity index (χ1) is 10.9. The van der Waals surface area contributed by atoms with E-state index in [4.69, 9.17) is 4.74 Å². The predicted octanol–water partition coefficient (Wildman–Crippen LogP) is 1.76. The SMILES string of the molecule is CCOC(=O)[C@@H]1CC[C@H](NC(=O)c2cc([N+](=O)[O-])cnc2C)C1. The number of nitro groups is 1. The Balaban J connectivity index is 2.02. The summed E-state index contributed by atoms with van der Waals surface area (Å²) in [4.78, 5) is 38.1. The number of nitrogens with zero attached hydrogens (tertiary/aromatic N) is 2. The van der Waals surface area contributed by atoms with Crippen LogP contribution in [0.4, 0.5) is 5.69 Å². The van der Waals surface area contributed by atoms with Crippen LogP contribution in [0.5, 0.6) is 0 Å². The highest BCUT2D eigenvalue weighted by atomic mass is 16.6. The number of nitrogens with one attached hydrogen (secondary N) is 1. The molecule has 0 spiro atoms. The molecular formula is C15H19N3O5. The summed E-state index contributed by atoms with van der Waals surface area (Å²) in [5.74, 6) is -0.852. The second-order valence-corrected chi connectivity index (χ2v) is 5.52. The summed E-state index contributed by atoms with van der Waals surface area (Å²) >= 11 is 0. The normalized spacial score (nSPS) is 20.1. The number of esters is 1. The van der Waals surface area contributed by atoms with Crippen molar-refractivity contribution in [3.63, 3.8) is 0 Å².